The first kappa shape index (κ1) is 19.2. The van der Waals surface area contributed by atoms with Gasteiger partial charge in [-0.1, -0.05) is 6.92 Å². The zero-order valence-electron chi connectivity index (χ0n) is 14.4. The molecule has 0 aromatic heterocycles. The summed E-state index contributed by atoms with van der Waals surface area (Å²) in [6.45, 7) is 2.13. The molecule has 1 aliphatic rings. The van der Waals surface area contributed by atoms with E-state index in [9.17, 15) is 19.2 Å². The van der Waals surface area contributed by atoms with Gasteiger partial charge in [0.15, 0.2) is 6.61 Å². The highest BCUT2D eigenvalue weighted by Crippen LogP contribution is 2.34. The number of rotatable bonds is 8. The van der Waals surface area contributed by atoms with Crippen LogP contribution in [0.5, 0.6) is 5.75 Å². The van der Waals surface area contributed by atoms with E-state index in [1.54, 1.807) is 12.1 Å². The number of hydrogen-bond acceptors (Lipinski definition) is 5. The van der Waals surface area contributed by atoms with Crippen LogP contribution in [-0.2, 0) is 19.2 Å². The van der Waals surface area contributed by atoms with Crippen molar-refractivity contribution in [1.29, 1.82) is 0 Å². The minimum Gasteiger partial charge on any atom is -0.482 e. The van der Waals surface area contributed by atoms with Crippen LogP contribution in [0.4, 0.5) is 11.4 Å². The van der Waals surface area contributed by atoms with Crippen LogP contribution in [0.2, 0.25) is 0 Å². The lowest BCUT2D eigenvalue weighted by Crippen LogP contribution is -2.45. The molecule has 0 saturated heterocycles. The first-order valence-corrected chi connectivity index (χ1v) is 8.26. The maximum atomic E-state index is 12.1. The van der Waals surface area contributed by atoms with Crippen molar-refractivity contribution >= 4 is 35.1 Å². The van der Waals surface area contributed by atoms with Crippen molar-refractivity contribution in [3.63, 3.8) is 0 Å². The molecule has 0 fully saturated rings. The lowest BCUT2D eigenvalue weighted by Gasteiger charge is -2.29. The zero-order valence-corrected chi connectivity index (χ0v) is 14.4. The number of carbonyl (C=O) groups excluding carboxylic acids is 3. The van der Waals surface area contributed by atoms with Gasteiger partial charge in [-0.25, -0.2) is 0 Å². The van der Waals surface area contributed by atoms with Crippen molar-refractivity contribution in [1.82, 2.24) is 5.32 Å². The summed E-state index contributed by atoms with van der Waals surface area (Å²) in [4.78, 5) is 47.7. The minimum atomic E-state index is -1.06. The number of nitrogens with zero attached hydrogens (tertiary/aromatic N) is 1. The Bertz CT molecular complexity index is 718. The number of aliphatic carboxylic acids is 1. The second-order valence-corrected chi connectivity index (χ2v) is 5.74. The van der Waals surface area contributed by atoms with Crippen molar-refractivity contribution in [2.75, 3.05) is 29.9 Å². The normalized spacial score (nSPS) is 12.8. The summed E-state index contributed by atoms with van der Waals surface area (Å²) in [6.07, 6.45) is 0.346. The number of amides is 3. The average molecular weight is 363 g/mol. The van der Waals surface area contributed by atoms with Gasteiger partial charge in [-0.2, -0.15) is 0 Å². The van der Waals surface area contributed by atoms with Gasteiger partial charge < -0.3 is 20.5 Å². The predicted molar refractivity (Wildman–Crippen MR) is 93.1 cm³/mol. The van der Waals surface area contributed by atoms with Crippen molar-refractivity contribution in [2.24, 2.45) is 0 Å². The number of anilines is 2. The summed E-state index contributed by atoms with van der Waals surface area (Å²) < 4.78 is 5.35. The van der Waals surface area contributed by atoms with Crippen molar-refractivity contribution in [3.05, 3.63) is 18.2 Å². The van der Waals surface area contributed by atoms with Crippen LogP contribution in [0.15, 0.2) is 18.2 Å². The Morgan fingerprint density at radius 2 is 2.00 bits per heavy atom. The van der Waals surface area contributed by atoms with Crippen molar-refractivity contribution in [2.45, 2.75) is 26.2 Å². The van der Waals surface area contributed by atoms with Gasteiger partial charge in [0.2, 0.25) is 11.8 Å². The Morgan fingerprint density at radius 3 is 2.69 bits per heavy atom. The van der Waals surface area contributed by atoms with E-state index in [1.165, 1.54) is 11.0 Å². The lowest BCUT2D eigenvalue weighted by atomic mass is 10.2. The van der Waals surface area contributed by atoms with Gasteiger partial charge in [-0.15, -0.1) is 0 Å². The standard InChI is InChI=1S/C17H21N3O6/c1-2-7-18-15(22)9-20-12-8-11(19-14(21)5-6-17(24)25)3-4-13(12)26-10-16(20)23/h3-4,8H,2,5-7,9-10H2,1H3,(H,18,22)(H,19,21)(H,24,25). The third-order valence-corrected chi connectivity index (χ3v) is 3.63. The molecule has 3 N–H and O–H groups in total. The van der Waals surface area contributed by atoms with Crippen LogP contribution in [0.1, 0.15) is 26.2 Å². The summed E-state index contributed by atoms with van der Waals surface area (Å²) in [7, 11) is 0. The van der Waals surface area contributed by atoms with E-state index >= 15 is 0 Å². The molecule has 140 valence electrons. The molecule has 1 aliphatic heterocycles. The van der Waals surface area contributed by atoms with Gasteiger partial charge >= 0.3 is 5.97 Å². The maximum Gasteiger partial charge on any atom is 0.303 e. The summed E-state index contributed by atoms with van der Waals surface area (Å²) in [5, 5.41) is 13.9. The molecule has 0 bridgehead atoms. The topological polar surface area (TPSA) is 125 Å². The number of carboxylic acid groups (broad SMARTS) is 1. The smallest absolute Gasteiger partial charge is 0.303 e. The molecule has 1 aromatic carbocycles. The Balaban J connectivity index is 2.13. The Labute approximate surface area is 150 Å². The van der Waals surface area contributed by atoms with Gasteiger partial charge in [-0.3, -0.25) is 24.1 Å². The van der Waals surface area contributed by atoms with Crippen LogP contribution in [0.25, 0.3) is 0 Å². The first-order chi connectivity index (χ1) is 12.4. The predicted octanol–water partition coefficient (Wildman–Crippen LogP) is 0.741. The molecule has 0 aliphatic carbocycles. The maximum absolute atomic E-state index is 12.1. The van der Waals surface area contributed by atoms with E-state index in [1.807, 2.05) is 6.92 Å². The number of fused-ring (bicyclic) bond motifs is 1. The molecular formula is C17H21N3O6. The number of carbonyl (C=O) groups is 4. The SMILES string of the molecule is CCCNC(=O)CN1C(=O)COc2ccc(NC(=O)CCC(=O)O)cc21. The van der Waals surface area contributed by atoms with Crippen molar-refractivity contribution in [3.8, 4) is 5.75 Å². The molecule has 9 nitrogen and oxygen atoms in total. The second-order valence-electron chi connectivity index (χ2n) is 5.74. The first-order valence-electron chi connectivity index (χ1n) is 8.26. The Hall–Kier alpha value is -3.10. The molecule has 0 spiro atoms. The summed E-state index contributed by atoms with van der Waals surface area (Å²) >= 11 is 0. The van der Waals surface area contributed by atoms with Crippen LogP contribution in [-0.4, -0.2) is 48.5 Å². The van der Waals surface area contributed by atoms with Gasteiger partial charge in [0.05, 0.1) is 12.1 Å². The highest BCUT2D eigenvalue weighted by molar-refractivity contribution is 6.03. The molecule has 0 saturated carbocycles. The largest absolute Gasteiger partial charge is 0.482 e. The van der Waals surface area contributed by atoms with E-state index in [4.69, 9.17) is 9.84 Å². The van der Waals surface area contributed by atoms with E-state index < -0.39 is 11.9 Å². The third-order valence-electron chi connectivity index (χ3n) is 3.63. The highest BCUT2D eigenvalue weighted by Gasteiger charge is 2.27. The Morgan fingerprint density at radius 1 is 1.23 bits per heavy atom. The molecule has 2 rings (SSSR count). The average Bonchev–Trinajstić information content (AvgIpc) is 2.60. The van der Waals surface area contributed by atoms with E-state index in [0.717, 1.165) is 6.42 Å². The third kappa shape index (κ3) is 5.20. The number of ether oxygens (including phenoxy) is 1. The molecule has 1 aromatic rings. The van der Waals surface area contributed by atoms with E-state index in [2.05, 4.69) is 10.6 Å². The Kier molecular flexibility index (Phi) is 6.54. The van der Waals surface area contributed by atoms with Crippen LogP contribution < -0.4 is 20.3 Å². The molecule has 1 heterocycles. The van der Waals surface area contributed by atoms with Crippen LogP contribution >= 0.6 is 0 Å². The summed E-state index contributed by atoms with van der Waals surface area (Å²) in [5.41, 5.74) is 0.764. The fourth-order valence-corrected chi connectivity index (χ4v) is 2.36. The van der Waals surface area contributed by atoms with Gasteiger partial charge in [0.1, 0.15) is 12.3 Å². The second kappa shape index (κ2) is 8.84. The fourth-order valence-electron chi connectivity index (χ4n) is 2.36. The molecule has 9 heteroatoms. The summed E-state index contributed by atoms with van der Waals surface area (Å²) in [5.74, 6) is -1.74. The van der Waals surface area contributed by atoms with Crippen LogP contribution in [0.3, 0.4) is 0 Å². The highest BCUT2D eigenvalue weighted by atomic mass is 16.5. The van der Waals surface area contributed by atoms with Crippen molar-refractivity contribution < 1.29 is 29.0 Å². The quantitative estimate of drug-likeness (QED) is 0.626. The molecule has 0 unspecified atom stereocenters. The summed E-state index contributed by atoms with van der Waals surface area (Å²) in [6, 6.07) is 4.70. The van der Waals surface area contributed by atoms with Gasteiger partial charge in [-0.05, 0) is 24.6 Å². The molecular weight excluding hydrogens is 342 g/mol. The molecule has 26 heavy (non-hydrogen) atoms. The molecule has 0 atom stereocenters. The number of nitrogens with one attached hydrogen (secondary N) is 2. The number of hydrogen-bond donors (Lipinski definition) is 3. The fraction of sp³-hybridized carbons (Fsp3) is 0.412. The van der Waals surface area contributed by atoms with E-state index in [-0.39, 0.29) is 37.8 Å². The zero-order chi connectivity index (χ0) is 19.1. The molecule has 0 radical (unpaired) electrons. The van der Waals surface area contributed by atoms with E-state index in [0.29, 0.717) is 23.7 Å². The molecule has 3 amide bonds. The monoisotopic (exact) mass is 363 g/mol. The number of benzene rings is 1. The van der Waals surface area contributed by atoms with Crippen LogP contribution in [0, 0.1) is 0 Å². The number of carboxylic acids is 1. The minimum absolute atomic E-state index is 0.147. The van der Waals surface area contributed by atoms with Gasteiger partial charge in [0.25, 0.3) is 5.91 Å². The lowest BCUT2D eigenvalue weighted by molar-refractivity contribution is -0.138. The van der Waals surface area contributed by atoms with Gasteiger partial charge in [0, 0.05) is 18.7 Å².